The lowest BCUT2D eigenvalue weighted by molar-refractivity contribution is 0.0518. The van der Waals surface area contributed by atoms with Crippen LogP contribution in [-0.4, -0.2) is 70.1 Å². The Morgan fingerprint density at radius 1 is 1.09 bits per heavy atom. The number of amides is 2. The number of carbonyl (C=O) groups excluding carboxylic acids is 2. The molecule has 0 aliphatic carbocycles. The number of hydrogen-bond donors (Lipinski definition) is 1. The van der Waals surface area contributed by atoms with Gasteiger partial charge in [0.2, 0.25) is 0 Å². The minimum atomic E-state index is -0.187. The van der Waals surface area contributed by atoms with Crippen LogP contribution in [0.15, 0.2) is 45.8 Å². The van der Waals surface area contributed by atoms with E-state index in [4.69, 9.17) is 21.4 Å². The summed E-state index contributed by atoms with van der Waals surface area (Å²) in [6, 6.07) is 8.31. The molecule has 0 unspecified atom stereocenters. The largest absolute Gasteiger partial charge is 0.459 e. The maximum absolute atomic E-state index is 13.1. The maximum Gasteiger partial charge on any atom is 0.289 e. The molecule has 2 fully saturated rings. The van der Waals surface area contributed by atoms with E-state index in [-0.39, 0.29) is 23.5 Å². The van der Waals surface area contributed by atoms with Gasteiger partial charge in [-0.05, 0) is 55.4 Å². The molecule has 33 heavy (non-hydrogen) atoms. The van der Waals surface area contributed by atoms with E-state index in [1.54, 1.807) is 40.1 Å². The second-order valence-electron chi connectivity index (χ2n) is 8.30. The monoisotopic (exact) mass is 468 g/mol. The third-order valence-corrected chi connectivity index (χ3v) is 6.55. The lowest BCUT2D eigenvalue weighted by atomic mass is 10.1. The Hall–Kier alpha value is -3.24. The van der Waals surface area contributed by atoms with Crippen LogP contribution >= 0.6 is 12.2 Å². The number of carbonyl (C=O) groups is 2. The van der Waals surface area contributed by atoms with Crippen molar-refractivity contribution in [2.45, 2.75) is 25.5 Å². The van der Waals surface area contributed by atoms with Gasteiger partial charge in [-0.1, -0.05) is 0 Å². The summed E-state index contributed by atoms with van der Waals surface area (Å²) in [5.41, 5.74) is 0.814. The first-order valence-corrected chi connectivity index (χ1v) is 11.4. The summed E-state index contributed by atoms with van der Waals surface area (Å²) in [6.45, 7) is 2.82. The first-order chi connectivity index (χ1) is 16.0. The molecule has 2 saturated heterocycles. The molecule has 9 nitrogen and oxygen atoms in total. The Kier molecular flexibility index (Phi) is 5.86. The fourth-order valence-corrected chi connectivity index (χ4v) is 4.66. The van der Waals surface area contributed by atoms with Gasteiger partial charge < -0.3 is 23.9 Å². The highest BCUT2D eigenvalue weighted by atomic mass is 32.1. The van der Waals surface area contributed by atoms with Gasteiger partial charge >= 0.3 is 0 Å². The quantitative estimate of drug-likeness (QED) is 0.591. The third kappa shape index (κ3) is 4.23. The molecule has 2 aromatic heterocycles. The average molecular weight is 469 g/mol. The molecule has 3 aromatic rings. The van der Waals surface area contributed by atoms with E-state index in [0.717, 1.165) is 12.8 Å². The number of nitrogens with one attached hydrogen (secondary N) is 1. The minimum absolute atomic E-state index is 0.00515. The van der Waals surface area contributed by atoms with Crippen LogP contribution < -0.4 is 5.56 Å². The number of aromatic nitrogens is 2. The molecular formula is C23H24N4O5S. The van der Waals surface area contributed by atoms with E-state index >= 15 is 0 Å². The van der Waals surface area contributed by atoms with Crippen LogP contribution in [0.25, 0.3) is 10.9 Å². The molecule has 5 rings (SSSR count). The smallest absolute Gasteiger partial charge is 0.289 e. The zero-order valence-electron chi connectivity index (χ0n) is 18.0. The van der Waals surface area contributed by atoms with Crippen molar-refractivity contribution in [1.29, 1.82) is 0 Å². The lowest BCUT2D eigenvalue weighted by Gasteiger charge is -2.34. The zero-order chi connectivity index (χ0) is 22.9. The molecule has 1 atom stereocenters. The molecule has 2 aliphatic rings. The summed E-state index contributed by atoms with van der Waals surface area (Å²) < 4.78 is 12.7. The van der Waals surface area contributed by atoms with Gasteiger partial charge in [-0.2, -0.15) is 0 Å². The van der Waals surface area contributed by atoms with Crippen molar-refractivity contribution in [3.63, 3.8) is 0 Å². The number of aromatic amines is 1. The number of benzene rings is 1. The lowest BCUT2D eigenvalue weighted by Crippen LogP contribution is -2.50. The summed E-state index contributed by atoms with van der Waals surface area (Å²) in [5, 5.41) is 0.479. The van der Waals surface area contributed by atoms with E-state index in [2.05, 4.69) is 4.98 Å². The minimum Gasteiger partial charge on any atom is -0.459 e. The van der Waals surface area contributed by atoms with Gasteiger partial charge in [0.1, 0.15) is 0 Å². The molecule has 1 aromatic carbocycles. The van der Waals surface area contributed by atoms with Gasteiger partial charge in [-0.25, -0.2) is 0 Å². The first-order valence-electron chi connectivity index (χ1n) is 11.0. The molecule has 0 spiro atoms. The Morgan fingerprint density at radius 3 is 2.52 bits per heavy atom. The van der Waals surface area contributed by atoms with E-state index in [1.807, 2.05) is 0 Å². The topological polar surface area (TPSA) is 101 Å². The normalized spacial score (nSPS) is 18.7. The van der Waals surface area contributed by atoms with Gasteiger partial charge in [0, 0.05) is 38.3 Å². The fraction of sp³-hybridized carbons (Fsp3) is 0.391. The average Bonchev–Trinajstić information content (AvgIpc) is 3.55. The van der Waals surface area contributed by atoms with Gasteiger partial charge in [-0.15, -0.1) is 0 Å². The Balaban J connectivity index is 1.31. The fourth-order valence-electron chi connectivity index (χ4n) is 4.40. The Labute approximate surface area is 194 Å². The summed E-state index contributed by atoms with van der Waals surface area (Å²) in [6.07, 6.45) is 3.36. The molecule has 1 N–H and O–H groups in total. The first kappa shape index (κ1) is 21.6. The number of hydrogen-bond acceptors (Lipinski definition) is 6. The summed E-state index contributed by atoms with van der Waals surface area (Å²) in [7, 11) is 0. The number of nitrogens with zero attached hydrogens (tertiary/aromatic N) is 3. The van der Waals surface area contributed by atoms with Crippen LogP contribution in [0.5, 0.6) is 0 Å². The highest BCUT2D eigenvalue weighted by Crippen LogP contribution is 2.17. The van der Waals surface area contributed by atoms with Crippen molar-refractivity contribution in [3.05, 3.63) is 63.0 Å². The van der Waals surface area contributed by atoms with Crippen LogP contribution in [0.2, 0.25) is 0 Å². The van der Waals surface area contributed by atoms with E-state index in [0.29, 0.717) is 66.3 Å². The maximum atomic E-state index is 13.1. The number of fused-ring (bicyclic) bond motifs is 1. The summed E-state index contributed by atoms with van der Waals surface area (Å²) >= 11 is 5.42. The molecule has 2 amide bonds. The number of furan rings is 1. The van der Waals surface area contributed by atoms with Gasteiger partial charge in [0.25, 0.3) is 17.4 Å². The van der Waals surface area contributed by atoms with E-state index in [9.17, 15) is 14.4 Å². The molecule has 10 heteroatoms. The van der Waals surface area contributed by atoms with Crippen molar-refractivity contribution >= 4 is 34.9 Å². The Bertz CT molecular complexity index is 1300. The van der Waals surface area contributed by atoms with Crippen molar-refractivity contribution in [2.24, 2.45) is 0 Å². The highest BCUT2D eigenvalue weighted by Gasteiger charge is 2.27. The third-order valence-electron chi connectivity index (χ3n) is 6.23. The predicted molar refractivity (Wildman–Crippen MR) is 123 cm³/mol. The molecular weight excluding hydrogens is 444 g/mol. The van der Waals surface area contributed by atoms with Gasteiger partial charge in [0.15, 0.2) is 10.5 Å². The zero-order valence-corrected chi connectivity index (χ0v) is 18.8. The van der Waals surface area contributed by atoms with Crippen molar-refractivity contribution in [3.8, 4) is 0 Å². The van der Waals surface area contributed by atoms with Crippen LogP contribution in [0.4, 0.5) is 0 Å². The Morgan fingerprint density at radius 2 is 1.85 bits per heavy atom. The van der Waals surface area contributed by atoms with Crippen LogP contribution in [0, 0.1) is 4.77 Å². The molecule has 0 radical (unpaired) electrons. The SMILES string of the molecule is O=C(c1ccc2c(=O)n(C[C@@H]3CCCO3)c(=S)[nH]c2c1)N1CCN(C(=O)c2ccco2)CC1. The highest BCUT2D eigenvalue weighted by molar-refractivity contribution is 7.71. The number of ether oxygens (including phenoxy) is 1. The van der Waals surface area contributed by atoms with Crippen LogP contribution in [0.3, 0.4) is 0 Å². The number of rotatable bonds is 4. The van der Waals surface area contributed by atoms with Crippen LogP contribution in [0.1, 0.15) is 33.8 Å². The van der Waals surface area contributed by atoms with Crippen LogP contribution in [-0.2, 0) is 11.3 Å². The van der Waals surface area contributed by atoms with Gasteiger partial charge in [-0.3, -0.25) is 19.0 Å². The number of H-pyrrole nitrogens is 1. The molecule has 2 aliphatic heterocycles. The predicted octanol–water partition coefficient (Wildman–Crippen LogP) is 2.43. The second kappa shape index (κ2) is 8.95. The molecule has 4 heterocycles. The van der Waals surface area contributed by atoms with Crippen molar-refractivity contribution in [2.75, 3.05) is 32.8 Å². The standard InChI is InChI=1S/C23H24N4O5S/c28-20(25-7-9-26(10-8-25)22(30)19-4-2-12-32-19)15-5-6-17-18(13-15)24-23(33)27(21(17)29)14-16-3-1-11-31-16/h2,4-6,12-13,16H,1,3,7-11,14H2,(H,24,33)/t16-/m0/s1. The van der Waals surface area contributed by atoms with E-state index < -0.39 is 0 Å². The van der Waals surface area contributed by atoms with Crippen molar-refractivity contribution < 1.29 is 18.7 Å². The molecule has 172 valence electrons. The van der Waals surface area contributed by atoms with Gasteiger partial charge in [0.05, 0.1) is 29.8 Å². The second-order valence-corrected chi connectivity index (χ2v) is 8.69. The van der Waals surface area contributed by atoms with E-state index in [1.165, 1.54) is 10.8 Å². The summed E-state index contributed by atoms with van der Waals surface area (Å²) in [5.74, 6) is -0.0285. The summed E-state index contributed by atoms with van der Waals surface area (Å²) in [4.78, 5) is 45.0. The molecule has 0 bridgehead atoms. The molecule has 0 saturated carbocycles. The van der Waals surface area contributed by atoms with Crippen molar-refractivity contribution in [1.82, 2.24) is 19.4 Å². The number of piperazine rings is 1.